The van der Waals surface area contributed by atoms with Gasteiger partial charge in [0.05, 0.1) is 11.4 Å². The molecule has 2 rings (SSSR count). The van der Waals surface area contributed by atoms with Gasteiger partial charge in [0.2, 0.25) is 0 Å². The quantitative estimate of drug-likeness (QED) is 0.726. The summed E-state index contributed by atoms with van der Waals surface area (Å²) < 4.78 is 12.8. The molecule has 1 aliphatic heterocycles. The van der Waals surface area contributed by atoms with Crippen LogP contribution in [0.1, 0.15) is 6.42 Å². The van der Waals surface area contributed by atoms with Gasteiger partial charge in [-0.05, 0) is 38.2 Å². The molecule has 3 N–H and O–H groups in total. The van der Waals surface area contributed by atoms with E-state index in [0.29, 0.717) is 11.7 Å². The molecule has 0 amide bonds. The van der Waals surface area contributed by atoms with Gasteiger partial charge in [0, 0.05) is 12.6 Å². The minimum atomic E-state index is -0.290. The van der Waals surface area contributed by atoms with Crippen molar-refractivity contribution in [2.24, 2.45) is 0 Å². The Morgan fingerprint density at radius 1 is 1.53 bits per heavy atom. The second-order valence-corrected chi connectivity index (χ2v) is 4.12. The van der Waals surface area contributed by atoms with Crippen molar-refractivity contribution in [2.75, 3.05) is 31.2 Å². The van der Waals surface area contributed by atoms with Crippen molar-refractivity contribution in [3.63, 3.8) is 0 Å². The first-order valence-electron chi connectivity index (χ1n) is 5.15. The van der Waals surface area contributed by atoms with E-state index in [0.717, 1.165) is 25.2 Å². The molecular formula is C11H16FN3. The fraction of sp³-hybridized carbons (Fsp3) is 0.455. The van der Waals surface area contributed by atoms with Crippen molar-refractivity contribution in [2.45, 2.75) is 12.5 Å². The van der Waals surface area contributed by atoms with E-state index in [9.17, 15) is 4.39 Å². The summed E-state index contributed by atoms with van der Waals surface area (Å²) >= 11 is 0. The van der Waals surface area contributed by atoms with Crippen molar-refractivity contribution in [3.05, 3.63) is 24.0 Å². The summed E-state index contributed by atoms with van der Waals surface area (Å²) in [6.45, 7) is 2.11. The summed E-state index contributed by atoms with van der Waals surface area (Å²) in [4.78, 5) is 2.26. The minimum absolute atomic E-state index is 0.290. The molecule has 0 radical (unpaired) electrons. The number of hydrogen-bond donors (Lipinski definition) is 2. The average Bonchev–Trinajstić information content (AvgIpc) is 2.56. The third kappa shape index (κ3) is 2.39. The van der Waals surface area contributed by atoms with Gasteiger partial charge >= 0.3 is 0 Å². The maximum Gasteiger partial charge on any atom is 0.125 e. The van der Waals surface area contributed by atoms with Crippen molar-refractivity contribution in [3.8, 4) is 0 Å². The zero-order valence-corrected chi connectivity index (χ0v) is 8.83. The first kappa shape index (κ1) is 10.2. The van der Waals surface area contributed by atoms with Crippen LogP contribution in [0.2, 0.25) is 0 Å². The lowest BCUT2D eigenvalue weighted by molar-refractivity contribution is 0.414. The summed E-state index contributed by atoms with van der Waals surface area (Å²) in [5, 5.41) is 3.33. The van der Waals surface area contributed by atoms with Crippen LogP contribution in [-0.2, 0) is 0 Å². The highest BCUT2D eigenvalue weighted by atomic mass is 19.1. The minimum Gasteiger partial charge on any atom is -0.397 e. The van der Waals surface area contributed by atoms with Gasteiger partial charge in [-0.3, -0.25) is 0 Å². The van der Waals surface area contributed by atoms with Gasteiger partial charge < -0.3 is 16.0 Å². The van der Waals surface area contributed by atoms with E-state index >= 15 is 0 Å². The van der Waals surface area contributed by atoms with E-state index in [1.165, 1.54) is 12.1 Å². The van der Waals surface area contributed by atoms with Gasteiger partial charge in [0.25, 0.3) is 0 Å². The Labute approximate surface area is 89.1 Å². The largest absolute Gasteiger partial charge is 0.397 e. The van der Waals surface area contributed by atoms with Crippen LogP contribution in [0.15, 0.2) is 18.2 Å². The number of anilines is 2. The monoisotopic (exact) mass is 209 g/mol. The van der Waals surface area contributed by atoms with E-state index in [1.807, 2.05) is 0 Å². The standard InChI is InChI=1S/C11H16FN3/c1-15-5-4-9(7-15)14-11-3-2-8(12)6-10(11)13/h2-3,6,9,14H,4-5,7,13H2,1H3. The molecule has 15 heavy (non-hydrogen) atoms. The molecule has 1 unspecified atom stereocenters. The number of halogens is 1. The summed E-state index contributed by atoms with van der Waals surface area (Å²) in [7, 11) is 2.09. The van der Waals surface area contributed by atoms with E-state index < -0.39 is 0 Å². The summed E-state index contributed by atoms with van der Waals surface area (Å²) in [6, 6.07) is 4.89. The van der Waals surface area contributed by atoms with Gasteiger partial charge in [-0.2, -0.15) is 0 Å². The molecule has 1 atom stereocenters. The normalized spacial score (nSPS) is 21.9. The van der Waals surface area contributed by atoms with Crippen LogP contribution in [0.4, 0.5) is 15.8 Å². The van der Waals surface area contributed by atoms with Gasteiger partial charge in [-0.1, -0.05) is 0 Å². The SMILES string of the molecule is CN1CCC(Nc2ccc(F)cc2N)C1. The fourth-order valence-electron chi connectivity index (χ4n) is 1.94. The second-order valence-electron chi connectivity index (χ2n) is 4.12. The number of rotatable bonds is 2. The number of benzene rings is 1. The van der Waals surface area contributed by atoms with Crippen LogP contribution in [0.25, 0.3) is 0 Å². The van der Waals surface area contributed by atoms with Crippen LogP contribution in [0.3, 0.4) is 0 Å². The molecular weight excluding hydrogens is 193 g/mol. The lowest BCUT2D eigenvalue weighted by Gasteiger charge is -2.15. The molecule has 0 aromatic heterocycles. The number of nitrogens with two attached hydrogens (primary N) is 1. The molecule has 4 heteroatoms. The highest BCUT2D eigenvalue weighted by molar-refractivity contribution is 5.66. The van der Waals surface area contributed by atoms with Gasteiger partial charge in [-0.15, -0.1) is 0 Å². The number of nitrogens with zero attached hydrogens (tertiary/aromatic N) is 1. The lowest BCUT2D eigenvalue weighted by Crippen LogP contribution is -2.23. The van der Waals surface area contributed by atoms with Crippen molar-refractivity contribution in [1.29, 1.82) is 0 Å². The topological polar surface area (TPSA) is 41.3 Å². The number of likely N-dealkylation sites (N-methyl/N-ethyl adjacent to an activating group) is 1. The smallest absolute Gasteiger partial charge is 0.125 e. The predicted octanol–water partition coefficient (Wildman–Crippen LogP) is 1.52. The predicted molar refractivity (Wildman–Crippen MR) is 60.3 cm³/mol. The highest BCUT2D eigenvalue weighted by Crippen LogP contribution is 2.22. The summed E-state index contributed by atoms with van der Waals surface area (Å²) in [5.74, 6) is -0.290. The third-order valence-electron chi connectivity index (χ3n) is 2.76. The van der Waals surface area contributed by atoms with Gasteiger partial charge in [0.1, 0.15) is 5.82 Å². The molecule has 0 saturated carbocycles. The summed E-state index contributed by atoms with van der Waals surface area (Å²) in [5.41, 5.74) is 7.02. The molecule has 1 fully saturated rings. The van der Waals surface area contributed by atoms with Crippen LogP contribution in [0.5, 0.6) is 0 Å². The Morgan fingerprint density at radius 3 is 2.93 bits per heavy atom. The average molecular weight is 209 g/mol. The molecule has 0 aliphatic carbocycles. The molecule has 0 bridgehead atoms. The molecule has 1 heterocycles. The lowest BCUT2D eigenvalue weighted by atomic mass is 10.2. The van der Waals surface area contributed by atoms with Gasteiger partial charge in [-0.25, -0.2) is 4.39 Å². The molecule has 1 aliphatic rings. The number of nitrogens with one attached hydrogen (secondary N) is 1. The Kier molecular flexibility index (Phi) is 2.77. The Bertz CT molecular complexity index is 354. The van der Waals surface area contributed by atoms with Crippen LogP contribution < -0.4 is 11.1 Å². The maximum atomic E-state index is 12.8. The Hall–Kier alpha value is -1.29. The van der Waals surface area contributed by atoms with E-state index in [2.05, 4.69) is 17.3 Å². The van der Waals surface area contributed by atoms with Crippen LogP contribution >= 0.6 is 0 Å². The molecule has 82 valence electrons. The summed E-state index contributed by atoms with van der Waals surface area (Å²) in [6.07, 6.45) is 1.10. The zero-order valence-electron chi connectivity index (χ0n) is 8.83. The highest BCUT2D eigenvalue weighted by Gasteiger charge is 2.19. The Balaban J connectivity index is 2.04. The molecule has 0 spiro atoms. The number of nitrogen functional groups attached to an aromatic ring is 1. The van der Waals surface area contributed by atoms with E-state index in [4.69, 9.17) is 5.73 Å². The maximum absolute atomic E-state index is 12.8. The zero-order chi connectivity index (χ0) is 10.8. The molecule has 1 aromatic rings. The van der Waals surface area contributed by atoms with Crippen molar-refractivity contribution < 1.29 is 4.39 Å². The second kappa shape index (κ2) is 4.06. The first-order chi connectivity index (χ1) is 7.15. The fourth-order valence-corrected chi connectivity index (χ4v) is 1.94. The Morgan fingerprint density at radius 2 is 2.33 bits per heavy atom. The molecule has 1 saturated heterocycles. The van der Waals surface area contributed by atoms with E-state index in [1.54, 1.807) is 6.07 Å². The van der Waals surface area contributed by atoms with Crippen LogP contribution in [-0.4, -0.2) is 31.1 Å². The first-order valence-corrected chi connectivity index (χ1v) is 5.15. The number of likely N-dealkylation sites (tertiary alicyclic amines) is 1. The van der Waals surface area contributed by atoms with E-state index in [-0.39, 0.29) is 5.82 Å². The van der Waals surface area contributed by atoms with Crippen LogP contribution in [0, 0.1) is 5.82 Å². The molecule has 1 aromatic carbocycles. The van der Waals surface area contributed by atoms with Crippen molar-refractivity contribution in [1.82, 2.24) is 4.90 Å². The third-order valence-corrected chi connectivity index (χ3v) is 2.76. The number of hydrogen-bond acceptors (Lipinski definition) is 3. The van der Waals surface area contributed by atoms with Gasteiger partial charge in [0.15, 0.2) is 0 Å². The van der Waals surface area contributed by atoms with Crippen molar-refractivity contribution >= 4 is 11.4 Å². The molecule has 3 nitrogen and oxygen atoms in total.